The summed E-state index contributed by atoms with van der Waals surface area (Å²) in [6.07, 6.45) is 1.84. The fourth-order valence-corrected chi connectivity index (χ4v) is 2.07. The van der Waals surface area contributed by atoms with Crippen LogP contribution in [0.4, 0.5) is 5.69 Å². The van der Waals surface area contributed by atoms with E-state index >= 15 is 0 Å². The second-order valence-electron chi connectivity index (χ2n) is 4.61. The second-order valence-corrected chi connectivity index (χ2v) is 4.99. The van der Waals surface area contributed by atoms with Crippen LogP contribution >= 0.6 is 11.6 Å². The van der Waals surface area contributed by atoms with E-state index in [2.05, 4.69) is 10.3 Å². The highest BCUT2D eigenvalue weighted by atomic mass is 35.5. The summed E-state index contributed by atoms with van der Waals surface area (Å²) in [4.78, 5) is 16.3. The van der Waals surface area contributed by atoms with Gasteiger partial charge in [-0.05, 0) is 49.6 Å². The predicted molar refractivity (Wildman–Crippen MR) is 82.4 cm³/mol. The van der Waals surface area contributed by atoms with Crippen LogP contribution in [0, 0.1) is 6.92 Å². The molecule has 2 rings (SSSR count). The van der Waals surface area contributed by atoms with Gasteiger partial charge in [-0.2, -0.15) is 0 Å². The highest BCUT2D eigenvalue weighted by Crippen LogP contribution is 2.13. The second kappa shape index (κ2) is 7.06. The van der Waals surface area contributed by atoms with Crippen molar-refractivity contribution in [3.8, 4) is 0 Å². The van der Waals surface area contributed by atoms with Crippen LogP contribution in [0.25, 0.3) is 0 Å². The van der Waals surface area contributed by atoms with E-state index in [-0.39, 0.29) is 5.91 Å². The Hall–Kier alpha value is -1.87. The van der Waals surface area contributed by atoms with Crippen molar-refractivity contribution >= 4 is 23.2 Å². The third kappa shape index (κ3) is 4.07. The minimum Gasteiger partial charge on any atom is -0.321 e. The lowest BCUT2D eigenvalue weighted by molar-refractivity contribution is 0.102. The number of rotatable bonds is 5. The minimum atomic E-state index is -0.191. The molecule has 0 unspecified atom stereocenters. The van der Waals surface area contributed by atoms with Gasteiger partial charge in [0.2, 0.25) is 0 Å². The maximum atomic E-state index is 12.1. The number of hydrogen-bond donors (Lipinski definition) is 1. The molecule has 4 heteroatoms. The molecule has 0 radical (unpaired) electrons. The van der Waals surface area contributed by atoms with E-state index in [4.69, 9.17) is 11.6 Å². The first-order valence-electron chi connectivity index (χ1n) is 6.59. The minimum absolute atomic E-state index is 0.191. The number of aryl methyl sites for hydroxylation is 2. The van der Waals surface area contributed by atoms with E-state index in [0.29, 0.717) is 11.6 Å². The summed E-state index contributed by atoms with van der Waals surface area (Å²) >= 11 is 5.69. The monoisotopic (exact) mass is 288 g/mol. The first-order valence-corrected chi connectivity index (χ1v) is 7.12. The van der Waals surface area contributed by atoms with Crippen LogP contribution in [0.15, 0.2) is 42.5 Å². The normalized spacial score (nSPS) is 10.3. The molecule has 0 aliphatic rings. The number of nitrogens with zero attached hydrogens (tertiary/aromatic N) is 1. The number of anilines is 1. The molecule has 20 heavy (non-hydrogen) atoms. The number of halogens is 1. The zero-order valence-corrected chi connectivity index (χ0v) is 12.2. The zero-order valence-electron chi connectivity index (χ0n) is 11.4. The lowest BCUT2D eigenvalue weighted by Gasteiger charge is -2.07. The smallest absolute Gasteiger partial charge is 0.274 e. The van der Waals surface area contributed by atoms with Crippen LogP contribution < -0.4 is 5.32 Å². The van der Waals surface area contributed by atoms with Gasteiger partial charge in [0, 0.05) is 17.3 Å². The lowest BCUT2D eigenvalue weighted by atomic mass is 10.1. The van der Waals surface area contributed by atoms with Gasteiger partial charge in [-0.3, -0.25) is 4.79 Å². The van der Waals surface area contributed by atoms with Gasteiger partial charge in [0.15, 0.2) is 0 Å². The van der Waals surface area contributed by atoms with Gasteiger partial charge in [-0.25, -0.2) is 4.98 Å². The number of hydrogen-bond acceptors (Lipinski definition) is 2. The molecule has 3 nitrogen and oxygen atoms in total. The van der Waals surface area contributed by atoms with Gasteiger partial charge in [-0.15, -0.1) is 11.6 Å². The largest absolute Gasteiger partial charge is 0.321 e. The Balaban J connectivity index is 2.07. The highest BCUT2D eigenvalue weighted by molar-refractivity contribution is 6.17. The molecule has 1 N–H and O–H groups in total. The molecule has 1 aromatic heterocycles. The van der Waals surface area contributed by atoms with Crippen molar-refractivity contribution < 1.29 is 4.79 Å². The van der Waals surface area contributed by atoms with Crippen LogP contribution in [0.5, 0.6) is 0 Å². The topological polar surface area (TPSA) is 42.0 Å². The number of carbonyl (C=O) groups is 1. The molecule has 0 aliphatic heterocycles. The summed E-state index contributed by atoms with van der Waals surface area (Å²) in [6.45, 7) is 1.86. The van der Waals surface area contributed by atoms with Crippen molar-refractivity contribution in [1.29, 1.82) is 0 Å². The molecule has 0 aliphatic carbocycles. The molecule has 0 fully saturated rings. The number of aromatic nitrogens is 1. The molecule has 0 bridgehead atoms. The average Bonchev–Trinajstić information content (AvgIpc) is 2.45. The van der Waals surface area contributed by atoms with Gasteiger partial charge >= 0.3 is 0 Å². The van der Waals surface area contributed by atoms with E-state index in [0.717, 1.165) is 24.2 Å². The number of nitrogens with one attached hydrogen (secondary N) is 1. The van der Waals surface area contributed by atoms with E-state index < -0.39 is 0 Å². The summed E-state index contributed by atoms with van der Waals surface area (Å²) in [6, 6.07) is 13.2. The third-order valence-corrected chi connectivity index (χ3v) is 3.17. The predicted octanol–water partition coefficient (Wildman–Crippen LogP) is 3.81. The summed E-state index contributed by atoms with van der Waals surface area (Å²) in [5, 5.41) is 2.87. The summed E-state index contributed by atoms with van der Waals surface area (Å²) < 4.78 is 0. The first kappa shape index (κ1) is 14.5. The first-order chi connectivity index (χ1) is 9.69. The van der Waals surface area contributed by atoms with Crippen molar-refractivity contribution in [3.63, 3.8) is 0 Å². The van der Waals surface area contributed by atoms with Gasteiger partial charge in [-0.1, -0.05) is 18.2 Å². The molecule has 0 saturated heterocycles. The SMILES string of the molecule is Cc1cccc(C(=O)Nc2cccc(CCCCl)c2)n1. The molecule has 2 aromatic rings. The molecule has 0 atom stereocenters. The van der Waals surface area contributed by atoms with Gasteiger partial charge in [0.05, 0.1) is 0 Å². The Bertz CT molecular complexity index is 599. The number of alkyl halides is 1. The van der Waals surface area contributed by atoms with Crippen LogP contribution in [0.2, 0.25) is 0 Å². The zero-order chi connectivity index (χ0) is 14.4. The van der Waals surface area contributed by atoms with Crippen molar-refractivity contribution in [2.24, 2.45) is 0 Å². The van der Waals surface area contributed by atoms with E-state index in [1.807, 2.05) is 43.3 Å². The van der Waals surface area contributed by atoms with Gasteiger partial charge in [0.25, 0.3) is 5.91 Å². The summed E-state index contributed by atoms with van der Waals surface area (Å²) in [5.41, 5.74) is 3.20. The molecule has 1 heterocycles. The van der Waals surface area contributed by atoms with Crippen LogP contribution in [-0.4, -0.2) is 16.8 Å². The molecule has 0 saturated carbocycles. The number of carbonyl (C=O) groups excluding carboxylic acids is 1. The van der Waals surface area contributed by atoms with Crippen molar-refractivity contribution in [3.05, 3.63) is 59.4 Å². The highest BCUT2D eigenvalue weighted by Gasteiger charge is 2.07. The number of pyridine rings is 1. The molecular formula is C16H17ClN2O. The summed E-state index contributed by atoms with van der Waals surface area (Å²) in [7, 11) is 0. The van der Waals surface area contributed by atoms with Gasteiger partial charge in [0.1, 0.15) is 5.69 Å². The molecule has 0 spiro atoms. The fourth-order valence-electron chi connectivity index (χ4n) is 1.94. The van der Waals surface area contributed by atoms with E-state index in [1.165, 1.54) is 5.56 Å². The Morgan fingerprint density at radius 1 is 1.25 bits per heavy atom. The van der Waals surface area contributed by atoms with Crippen LogP contribution in [0.1, 0.15) is 28.2 Å². The van der Waals surface area contributed by atoms with Crippen molar-refractivity contribution in [2.45, 2.75) is 19.8 Å². The summed E-state index contributed by atoms with van der Waals surface area (Å²) in [5.74, 6) is 0.451. The standard InChI is InChI=1S/C16H17ClN2O/c1-12-5-2-9-15(18-12)16(20)19-14-8-3-6-13(11-14)7-4-10-17/h2-3,5-6,8-9,11H,4,7,10H2,1H3,(H,19,20). The molecule has 1 amide bonds. The van der Waals surface area contributed by atoms with Crippen LogP contribution in [0.3, 0.4) is 0 Å². The van der Waals surface area contributed by atoms with Crippen LogP contribution in [-0.2, 0) is 6.42 Å². The van der Waals surface area contributed by atoms with Gasteiger partial charge < -0.3 is 5.32 Å². The fraction of sp³-hybridized carbons (Fsp3) is 0.250. The Kier molecular flexibility index (Phi) is 5.13. The lowest BCUT2D eigenvalue weighted by Crippen LogP contribution is -2.14. The Morgan fingerprint density at radius 2 is 2.05 bits per heavy atom. The Labute approximate surface area is 124 Å². The molecular weight excluding hydrogens is 272 g/mol. The Morgan fingerprint density at radius 3 is 2.80 bits per heavy atom. The number of amides is 1. The number of benzene rings is 1. The van der Waals surface area contributed by atoms with E-state index in [1.54, 1.807) is 6.07 Å². The van der Waals surface area contributed by atoms with E-state index in [9.17, 15) is 4.79 Å². The molecule has 1 aromatic carbocycles. The molecule has 104 valence electrons. The maximum absolute atomic E-state index is 12.1. The van der Waals surface area contributed by atoms with Crippen molar-refractivity contribution in [1.82, 2.24) is 4.98 Å². The maximum Gasteiger partial charge on any atom is 0.274 e. The average molecular weight is 289 g/mol. The quantitative estimate of drug-likeness (QED) is 0.850. The van der Waals surface area contributed by atoms with Crippen molar-refractivity contribution in [2.75, 3.05) is 11.2 Å². The third-order valence-electron chi connectivity index (χ3n) is 2.90.